The summed E-state index contributed by atoms with van der Waals surface area (Å²) in [6, 6.07) is 15.9. The van der Waals surface area contributed by atoms with Crippen LogP contribution < -0.4 is 10.6 Å². The van der Waals surface area contributed by atoms with Gasteiger partial charge >= 0.3 is 0 Å². The minimum Gasteiger partial charge on any atom is -0.507 e. The van der Waals surface area contributed by atoms with E-state index in [-0.39, 0.29) is 5.75 Å². The van der Waals surface area contributed by atoms with Crippen molar-refractivity contribution in [2.24, 2.45) is 0 Å². The van der Waals surface area contributed by atoms with Gasteiger partial charge in [0.2, 0.25) is 0 Å². The Morgan fingerprint density at radius 2 is 1.57 bits per heavy atom. The van der Waals surface area contributed by atoms with Gasteiger partial charge in [-0.05, 0) is 35.9 Å². The van der Waals surface area contributed by atoms with Gasteiger partial charge < -0.3 is 15.7 Å². The molecule has 0 aromatic heterocycles. The summed E-state index contributed by atoms with van der Waals surface area (Å²) in [6.07, 6.45) is 0.325. The molecule has 28 heavy (non-hydrogen) atoms. The van der Waals surface area contributed by atoms with Crippen LogP contribution >= 0.6 is 11.6 Å². The molecule has 0 amide bonds. The molecule has 0 bridgehead atoms. The number of hydrogen-bond acceptors (Lipinski definition) is 4. The van der Waals surface area contributed by atoms with E-state index in [4.69, 9.17) is 16.9 Å². The number of halogens is 3. The lowest BCUT2D eigenvalue weighted by Crippen LogP contribution is -2.41. The van der Waals surface area contributed by atoms with Crippen molar-refractivity contribution in [1.29, 1.82) is 5.26 Å². The molecule has 1 heterocycles. The maximum Gasteiger partial charge on any atom is 0.161 e. The molecule has 1 aliphatic heterocycles. The molecule has 3 aromatic rings. The van der Waals surface area contributed by atoms with Crippen molar-refractivity contribution < 1.29 is 13.9 Å². The molecule has 140 valence electrons. The Kier molecular flexibility index (Phi) is 4.33. The van der Waals surface area contributed by atoms with Crippen molar-refractivity contribution in [3.8, 4) is 11.8 Å². The number of nitriles is 1. The summed E-state index contributed by atoms with van der Waals surface area (Å²) in [4.78, 5) is 0. The third-order valence-corrected chi connectivity index (χ3v) is 4.96. The van der Waals surface area contributed by atoms with E-state index in [2.05, 4.69) is 16.7 Å². The average molecular weight is 398 g/mol. The third kappa shape index (κ3) is 3.10. The van der Waals surface area contributed by atoms with Crippen molar-refractivity contribution in [3.05, 3.63) is 87.9 Å². The van der Waals surface area contributed by atoms with Crippen LogP contribution in [0.4, 0.5) is 20.2 Å². The van der Waals surface area contributed by atoms with Gasteiger partial charge in [0, 0.05) is 29.1 Å². The lowest BCUT2D eigenvalue weighted by molar-refractivity contribution is 0.446. The molecule has 3 aromatic carbocycles. The van der Waals surface area contributed by atoms with E-state index >= 15 is 0 Å². The van der Waals surface area contributed by atoms with Crippen LogP contribution in [0.5, 0.6) is 5.75 Å². The monoisotopic (exact) mass is 397 g/mol. The Hall–Kier alpha value is -3.30. The topological polar surface area (TPSA) is 68.1 Å². The first-order chi connectivity index (χ1) is 13.4. The van der Waals surface area contributed by atoms with Crippen LogP contribution in [0.15, 0.2) is 54.6 Å². The van der Waals surface area contributed by atoms with Crippen LogP contribution in [0, 0.1) is 23.0 Å². The molecule has 7 heteroatoms. The number of hydrogen-bond donors (Lipinski definition) is 3. The van der Waals surface area contributed by atoms with Crippen LogP contribution in [0.1, 0.15) is 16.7 Å². The first kappa shape index (κ1) is 18.1. The summed E-state index contributed by atoms with van der Waals surface area (Å²) in [5, 5.41) is 26.2. The predicted octanol–water partition coefficient (Wildman–Crippen LogP) is 5.13. The van der Waals surface area contributed by atoms with E-state index in [9.17, 15) is 13.9 Å². The SMILES string of the molecule is N#Cc1ccc(CC2(c3ccc(Cl)cc3O)Nc3cc(F)c(F)cc3N2)cc1. The second-order valence-corrected chi connectivity index (χ2v) is 7.05. The number of rotatable bonds is 3. The van der Waals surface area contributed by atoms with Crippen LogP contribution in [0.25, 0.3) is 0 Å². The van der Waals surface area contributed by atoms with E-state index < -0.39 is 17.3 Å². The quantitative estimate of drug-likeness (QED) is 0.573. The number of aromatic hydroxyl groups is 1. The first-order valence-corrected chi connectivity index (χ1v) is 8.81. The fraction of sp³-hybridized carbons (Fsp3) is 0.0952. The Labute approximate surface area is 165 Å². The predicted molar refractivity (Wildman–Crippen MR) is 103 cm³/mol. The number of nitrogens with one attached hydrogen (secondary N) is 2. The van der Waals surface area contributed by atoms with Crippen molar-refractivity contribution in [3.63, 3.8) is 0 Å². The van der Waals surface area contributed by atoms with Gasteiger partial charge in [0.1, 0.15) is 11.4 Å². The Bertz CT molecular complexity index is 1080. The maximum absolute atomic E-state index is 13.7. The number of phenols is 1. The standard InChI is InChI=1S/C21H14ClF2N3O/c22-14-5-6-15(20(28)7-14)21(10-12-1-3-13(11-25)4-2-12)26-18-8-16(23)17(24)9-19(18)27-21/h1-9,26-28H,10H2. The van der Waals surface area contributed by atoms with Gasteiger partial charge in [0.25, 0.3) is 0 Å². The van der Waals surface area contributed by atoms with E-state index in [1.54, 1.807) is 36.4 Å². The molecule has 4 rings (SSSR count). The highest BCUT2D eigenvalue weighted by atomic mass is 35.5. The van der Waals surface area contributed by atoms with Crippen molar-refractivity contribution >= 4 is 23.0 Å². The van der Waals surface area contributed by atoms with Crippen molar-refractivity contribution in [1.82, 2.24) is 0 Å². The highest BCUT2D eigenvalue weighted by Crippen LogP contribution is 2.45. The van der Waals surface area contributed by atoms with Crippen LogP contribution in [0.2, 0.25) is 5.02 Å². The van der Waals surface area contributed by atoms with Crippen LogP contribution in [-0.4, -0.2) is 5.11 Å². The second kappa shape index (κ2) is 6.70. The van der Waals surface area contributed by atoms with Crippen LogP contribution in [0.3, 0.4) is 0 Å². The number of anilines is 2. The number of fused-ring (bicyclic) bond motifs is 1. The smallest absolute Gasteiger partial charge is 0.161 e. The molecule has 1 aliphatic rings. The molecule has 0 saturated carbocycles. The van der Waals surface area contributed by atoms with Gasteiger partial charge in [0.05, 0.1) is 23.0 Å². The van der Waals surface area contributed by atoms with Crippen LogP contribution in [-0.2, 0) is 12.1 Å². The highest BCUT2D eigenvalue weighted by Gasteiger charge is 2.40. The first-order valence-electron chi connectivity index (χ1n) is 8.44. The normalized spacial score (nSPS) is 13.9. The zero-order valence-electron chi connectivity index (χ0n) is 14.4. The molecule has 0 aliphatic carbocycles. The summed E-state index contributed by atoms with van der Waals surface area (Å²) in [6.45, 7) is 0. The lowest BCUT2D eigenvalue weighted by Gasteiger charge is -2.32. The minimum atomic E-state index is -1.06. The molecule has 0 saturated heterocycles. The lowest BCUT2D eigenvalue weighted by atomic mass is 9.91. The fourth-order valence-electron chi connectivity index (χ4n) is 3.43. The summed E-state index contributed by atoms with van der Waals surface area (Å²) < 4.78 is 27.5. The third-order valence-electron chi connectivity index (χ3n) is 4.73. The highest BCUT2D eigenvalue weighted by molar-refractivity contribution is 6.30. The van der Waals surface area contributed by atoms with Gasteiger partial charge in [-0.3, -0.25) is 0 Å². The van der Waals surface area contributed by atoms with E-state index in [1.807, 2.05) is 0 Å². The zero-order valence-corrected chi connectivity index (χ0v) is 15.2. The molecule has 0 atom stereocenters. The van der Waals surface area contributed by atoms with Gasteiger partial charge in [-0.25, -0.2) is 8.78 Å². The second-order valence-electron chi connectivity index (χ2n) is 6.61. The minimum absolute atomic E-state index is 0.0603. The zero-order chi connectivity index (χ0) is 19.9. The van der Waals surface area contributed by atoms with E-state index in [0.29, 0.717) is 33.9 Å². The molecular weight excluding hydrogens is 384 g/mol. The van der Waals surface area contributed by atoms with E-state index in [1.165, 1.54) is 6.07 Å². The summed E-state index contributed by atoms with van der Waals surface area (Å²) in [5.41, 5.74) is 1.53. The van der Waals surface area contributed by atoms with Crippen molar-refractivity contribution in [2.75, 3.05) is 10.6 Å². The van der Waals surface area contributed by atoms with Gasteiger partial charge in [-0.15, -0.1) is 0 Å². The van der Waals surface area contributed by atoms with Crippen molar-refractivity contribution in [2.45, 2.75) is 12.1 Å². The summed E-state index contributed by atoms with van der Waals surface area (Å²) in [5.74, 6) is -2.00. The van der Waals surface area contributed by atoms with E-state index in [0.717, 1.165) is 17.7 Å². The Morgan fingerprint density at radius 1 is 0.964 bits per heavy atom. The Balaban J connectivity index is 1.81. The van der Waals surface area contributed by atoms with Gasteiger partial charge in [-0.1, -0.05) is 23.7 Å². The largest absolute Gasteiger partial charge is 0.507 e. The number of benzene rings is 3. The maximum atomic E-state index is 13.7. The molecule has 0 fully saturated rings. The molecule has 0 spiro atoms. The molecular formula is C21H14ClF2N3O. The molecule has 0 radical (unpaired) electrons. The number of nitrogens with zero attached hydrogens (tertiary/aromatic N) is 1. The molecule has 4 nitrogen and oxygen atoms in total. The number of phenolic OH excluding ortho intramolecular Hbond substituents is 1. The molecule has 0 unspecified atom stereocenters. The Morgan fingerprint density at radius 3 is 2.11 bits per heavy atom. The summed E-state index contributed by atoms with van der Waals surface area (Å²) >= 11 is 5.96. The van der Waals surface area contributed by atoms with Gasteiger partial charge in [-0.2, -0.15) is 5.26 Å². The summed E-state index contributed by atoms with van der Waals surface area (Å²) in [7, 11) is 0. The molecule has 3 N–H and O–H groups in total. The average Bonchev–Trinajstić information content (AvgIpc) is 3.00. The fourth-order valence-corrected chi connectivity index (χ4v) is 3.60. The van der Waals surface area contributed by atoms with Gasteiger partial charge in [0.15, 0.2) is 11.6 Å².